The third kappa shape index (κ3) is 4.18. The Morgan fingerprint density at radius 2 is 1.72 bits per heavy atom. The van der Waals surface area contributed by atoms with E-state index in [9.17, 15) is 14.4 Å². The molecule has 1 unspecified atom stereocenters. The number of piperazine rings is 1. The van der Waals surface area contributed by atoms with Crippen molar-refractivity contribution in [2.75, 3.05) is 0 Å². The third-order valence-corrected chi connectivity index (χ3v) is 4.11. The second-order valence-electron chi connectivity index (χ2n) is 7.24. The van der Waals surface area contributed by atoms with Gasteiger partial charge < -0.3 is 9.64 Å². The molecule has 1 aromatic rings. The summed E-state index contributed by atoms with van der Waals surface area (Å²) >= 11 is 0. The molecule has 1 fully saturated rings. The summed E-state index contributed by atoms with van der Waals surface area (Å²) in [5.74, 6) is -0.638. The first-order valence-electron chi connectivity index (χ1n) is 8.56. The smallest absolute Gasteiger partial charge is 0.417 e. The molecule has 0 saturated carbocycles. The van der Waals surface area contributed by atoms with E-state index in [1.165, 1.54) is 4.90 Å². The summed E-state index contributed by atoms with van der Waals surface area (Å²) in [7, 11) is 0. The number of benzene rings is 1. The molecule has 2 atom stereocenters. The minimum atomic E-state index is -0.831. The number of ether oxygens (including phenoxy) is 1. The first kappa shape index (κ1) is 19.0. The highest BCUT2D eigenvalue weighted by atomic mass is 16.6. The number of rotatable bonds is 3. The Bertz CT molecular complexity index is 651. The van der Waals surface area contributed by atoms with Crippen LogP contribution in [0.25, 0.3) is 0 Å². The second kappa shape index (κ2) is 7.25. The molecule has 25 heavy (non-hydrogen) atoms. The van der Waals surface area contributed by atoms with E-state index in [1.807, 2.05) is 30.3 Å². The van der Waals surface area contributed by atoms with Crippen molar-refractivity contribution in [2.24, 2.45) is 0 Å². The molecule has 0 N–H and O–H groups in total. The van der Waals surface area contributed by atoms with E-state index in [4.69, 9.17) is 4.74 Å². The summed E-state index contributed by atoms with van der Waals surface area (Å²) in [6, 6.07) is 7.94. The minimum absolute atomic E-state index is 0.232. The summed E-state index contributed by atoms with van der Waals surface area (Å²) in [4.78, 5) is 40.7. The molecule has 0 aromatic heterocycles. The molecule has 6 heteroatoms. The molecule has 0 bridgehead atoms. The summed E-state index contributed by atoms with van der Waals surface area (Å²) < 4.78 is 5.33. The molecule has 1 aromatic carbocycles. The number of hydrogen-bond acceptors (Lipinski definition) is 4. The van der Waals surface area contributed by atoms with Gasteiger partial charge in [0.05, 0.1) is 0 Å². The number of carbonyl (C=O) groups is 3. The third-order valence-electron chi connectivity index (χ3n) is 4.11. The van der Waals surface area contributed by atoms with E-state index in [1.54, 1.807) is 34.6 Å². The standard InChI is InChI=1S/C19H26N2O4/c1-6-15-17(23)20(12-14-10-8-7-9-11-14)13(2)16(22)21(15)18(24)25-19(3,4)5/h7-11,13,15H,6,12H2,1-5H3/t13-,15?/m1/s1. The zero-order valence-electron chi connectivity index (χ0n) is 15.5. The lowest BCUT2D eigenvalue weighted by molar-refractivity contribution is -0.160. The maximum Gasteiger partial charge on any atom is 0.417 e. The Morgan fingerprint density at radius 3 is 2.24 bits per heavy atom. The SMILES string of the molecule is CCC1C(=O)N(Cc2ccccc2)[C@H](C)C(=O)N1C(=O)OC(C)(C)C. The van der Waals surface area contributed by atoms with Crippen molar-refractivity contribution in [2.45, 2.75) is 65.3 Å². The summed E-state index contributed by atoms with van der Waals surface area (Å²) in [5.41, 5.74) is 0.208. The van der Waals surface area contributed by atoms with Crippen molar-refractivity contribution in [3.63, 3.8) is 0 Å². The van der Waals surface area contributed by atoms with Gasteiger partial charge in [-0.05, 0) is 39.7 Å². The maximum atomic E-state index is 12.9. The van der Waals surface area contributed by atoms with Crippen LogP contribution in [0.3, 0.4) is 0 Å². The summed E-state index contributed by atoms with van der Waals surface area (Å²) in [6.45, 7) is 8.95. The fourth-order valence-corrected chi connectivity index (χ4v) is 2.86. The normalized spacial score (nSPS) is 21.5. The van der Waals surface area contributed by atoms with Crippen LogP contribution in [0.4, 0.5) is 4.79 Å². The molecule has 2 rings (SSSR count). The summed E-state index contributed by atoms with van der Waals surface area (Å²) in [6.07, 6.45) is -0.411. The molecule has 1 heterocycles. The fourth-order valence-electron chi connectivity index (χ4n) is 2.86. The van der Waals surface area contributed by atoms with E-state index in [-0.39, 0.29) is 5.91 Å². The molecule has 0 spiro atoms. The molecular formula is C19H26N2O4. The number of imide groups is 1. The largest absolute Gasteiger partial charge is 0.443 e. The van der Waals surface area contributed by atoms with Gasteiger partial charge in [-0.2, -0.15) is 0 Å². The van der Waals surface area contributed by atoms with Gasteiger partial charge in [-0.25, -0.2) is 9.69 Å². The predicted molar refractivity (Wildman–Crippen MR) is 93.6 cm³/mol. The van der Waals surface area contributed by atoms with Crippen LogP contribution in [-0.4, -0.2) is 45.4 Å². The minimum Gasteiger partial charge on any atom is -0.443 e. The molecular weight excluding hydrogens is 320 g/mol. The van der Waals surface area contributed by atoms with Crippen LogP contribution in [-0.2, 0) is 20.9 Å². The van der Waals surface area contributed by atoms with Gasteiger partial charge in [-0.15, -0.1) is 0 Å². The Kier molecular flexibility index (Phi) is 5.50. The van der Waals surface area contributed by atoms with Crippen molar-refractivity contribution in [3.8, 4) is 0 Å². The van der Waals surface area contributed by atoms with Crippen molar-refractivity contribution in [1.82, 2.24) is 9.80 Å². The van der Waals surface area contributed by atoms with Gasteiger partial charge in [0, 0.05) is 6.54 Å². The number of hydrogen-bond donors (Lipinski definition) is 0. The van der Waals surface area contributed by atoms with Gasteiger partial charge in [-0.1, -0.05) is 37.3 Å². The van der Waals surface area contributed by atoms with Crippen LogP contribution in [0.1, 0.15) is 46.6 Å². The Balaban J connectivity index is 2.27. The average Bonchev–Trinajstić information content (AvgIpc) is 2.54. The molecule has 3 amide bonds. The van der Waals surface area contributed by atoms with Crippen molar-refractivity contribution < 1.29 is 19.1 Å². The molecule has 0 aliphatic carbocycles. The van der Waals surface area contributed by atoms with Crippen LogP contribution in [0.15, 0.2) is 30.3 Å². The maximum absolute atomic E-state index is 12.9. The lowest BCUT2D eigenvalue weighted by Crippen LogP contribution is -2.65. The molecule has 6 nitrogen and oxygen atoms in total. The van der Waals surface area contributed by atoms with E-state index in [0.717, 1.165) is 10.5 Å². The Hall–Kier alpha value is -2.37. The molecule has 1 aliphatic heterocycles. The van der Waals surface area contributed by atoms with Gasteiger partial charge in [-0.3, -0.25) is 9.59 Å². The summed E-state index contributed by atoms with van der Waals surface area (Å²) in [5, 5.41) is 0. The second-order valence-corrected chi connectivity index (χ2v) is 7.24. The van der Waals surface area contributed by atoms with Crippen LogP contribution in [0, 0.1) is 0 Å². The average molecular weight is 346 g/mol. The van der Waals surface area contributed by atoms with Gasteiger partial charge in [0.15, 0.2) is 0 Å². The van der Waals surface area contributed by atoms with E-state index >= 15 is 0 Å². The first-order chi connectivity index (χ1) is 11.7. The van der Waals surface area contributed by atoms with Crippen molar-refractivity contribution in [3.05, 3.63) is 35.9 Å². The predicted octanol–water partition coefficient (Wildman–Crippen LogP) is 2.96. The highest BCUT2D eigenvalue weighted by Gasteiger charge is 2.47. The van der Waals surface area contributed by atoms with E-state index in [0.29, 0.717) is 13.0 Å². The zero-order chi connectivity index (χ0) is 18.8. The van der Waals surface area contributed by atoms with Crippen molar-refractivity contribution in [1.29, 1.82) is 0 Å². The molecule has 1 saturated heterocycles. The van der Waals surface area contributed by atoms with Crippen molar-refractivity contribution >= 4 is 17.9 Å². The number of nitrogens with zero attached hydrogens (tertiary/aromatic N) is 2. The van der Waals surface area contributed by atoms with Crippen LogP contribution in [0.5, 0.6) is 0 Å². The van der Waals surface area contributed by atoms with Gasteiger partial charge >= 0.3 is 6.09 Å². The number of amides is 3. The van der Waals surface area contributed by atoms with Crippen LogP contribution >= 0.6 is 0 Å². The van der Waals surface area contributed by atoms with Crippen LogP contribution < -0.4 is 0 Å². The van der Waals surface area contributed by atoms with E-state index in [2.05, 4.69) is 0 Å². The van der Waals surface area contributed by atoms with Crippen LogP contribution in [0.2, 0.25) is 0 Å². The fraction of sp³-hybridized carbons (Fsp3) is 0.526. The quantitative estimate of drug-likeness (QED) is 0.844. The highest BCUT2D eigenvalue weighted by molar-refractivity contribution is 6.04. The lowest BCUT2D eigenvalue weighted by atomic mass is 10.0. The molecule has 136 valence electrons. The van der Waals surface area contributed by atoms with Gasteiger partial charge in [0.2, 0.25) is 5.91 Å². The lowest BCUT2D eigenvalue weighted by Gasteiger charge is -2.42. The Labute approximate surface area is 148 Å². The topological polar surface area (TPSA) is 66.9 Å². The number of carbonyl (C=O) groups excluding carboxylic acids is 3. The van der Waals surface area contributed by atoms with E-state index < -0.39 is 29.7 Å². The Morgan fingerprint density at radius 1 is 1.12 bits per heavy atom. The van der Waals surface area contributed by atoms with Gasteiger partial charge in [0.1, 0.15) is 17.7 Å². The highest BCUT2D eigenvalue weighted by Crippen LogP contribution is 2.24. The molecule has 0 radical (unpaired) electrons. The zero-order valence-corrected chi connectivity index (χ0v) is 15.5. The molecule has 1 aliphatic rings. The van der Waals surface area contributed by atoms with Gasteiger partial charge in [0.25, 0.3) is 5.91 Å². The first-order valence-corrected chi connectivity index (χ1v) is 8.56. The monoisotopic (exact) mass is 346 g/mol.